The summed E-state index contributed by atoms with van der Waals surface area (Å²) in [5, 5.41) is 0. The van der Waals surface area contributed by atoms with Crippen molar-refractivity contribution in [3.05, 3.63) is 29.8 Å². The molecule has 82 valence electrons. The van der Waals surface area contributed by atoms with E-state index in [1.54, 1.807) is 11.8 Å². The molecule has 1 aromatic carbocycles. The van der Waals surface area contributed by atoms with Crippen molar-refractivity contribution in [2.45, 2.75) is 26.8 Å². The number of carbonyl (C=O) groups is 1. The number of anilines is 1. The summed E-state index contributed by atoms with van der Waals surface area (Å²) in [6, 6.07) is 7.42. The second kappa shape index (κ2) is 4.94. The van der Waals surface area contributed by atoms with Crippen molar-refractivity contribution in [1.29, 1.82) is 0 Å². The highest BCUT2D eigenvalue weighted by Crippen LogP contribution is 2.15. The highest BCUT2D eigenvalue weighted by Gasteiger charge is 2.16. The lowest BCUT2D eigenvalue weighted by atomic mass is 10.2. The predicted octanol–water partition coefficient (Wildman–Crippen LogP) is 1.70. The first-order valence-electron chi connectivity index (χ1n) is 5.20. The number of likely N-dealkylation sites (N-methyl/N-ethyl adjacent to an activating group) is 1. The Morgan fingerprint density at radius 2 is 1.93 bits per heavy atom. The van der Waals surface area contributed by atoms with Gasteiger partial charge in [-0.3, -0.25) is 4.79 Å². The lowest BCUT2D eigenvalue weighted by Gasteiger charge is -2.23. The zero-order valence-corrected chi connectivity index (χ0v) is 9.53. The molecule has 0 aliphatic carbocycles. The zero-order valence-electron chi connectivity index (χ0n) is 9.53. The minimum absolute atomic E-state index is 0.0404. The van der Waals surface area contributed by atoms with E-state index >= 15 is 0 Å². The van der Waals surface area contributed by atoms with Crippen molar-refractivity contribution in [1.82, 2.24) is 0 Å². The fraction of sp³-hybridized carbons (Fsp3) is 0.417. The first-order valence-corrected chi connectivity index (χ1v) is 5.20. The number of carbonyl (C=O) groups excluding carboxylic acids is 1. The summed E-state index contributed by atoms with van der Waals surface area (Å²) in [7, 11) is 0. The van der Waals surface area contributed by atoms with Crippen LogP contribution >= 0.6 is 0 Å². The Morgan fingerprint density at radius 1 is 1.40 bits per heavy atom. The molecule has 0 spiro atoms. The minimum atomic E-state index is -0.453. The van der Waals surface area contributed by atoms with Crippen LogP contribution in [0.15, 0.2) is 24.3 Å². The van der Waals surface area contributed by atoms with Crippen molar-refractivity contribution < 1.29 is 4.79 Å². The van der Waals surface area contributed by atoms with E-state index in [2.05, 4.69) is 0 Å². The molecule has 1 unspecified atom stereocenters. The molecule has 1 rings (SSSR count). The van der Waals surface area contributed by atoms with Crippen LogP contribution in [-0.4, -0.2) is 18.5 Å². The highest BCUT2D eigenvalue weighted by molar-refractivity contribution is 5.96. The molecule has 3 nitrogen and oxygen atoms in total. The van der Waals surface area contributed by atoms with Crippen LogP contribution in [0.4, 0.5) is 5.69 Å². The molecule has 1 atom stereocenters. The molecule has 0 aromatic heterocycles. The molecule has 0 fully saturated rings. The number of hydrogen-bond donors (Lipinski definition) is 1. The van der Waals surface area contributed by atoms with E-state index in [-0.39, 0.29) is 5.91 Å². The summed E-state index contributed by atoms with van der Waals surface area (Å²) in [6.07, 6.45) is 0. The van der Waals surface area contributed by atoms with Crippen LogP contribution in [0.25, 0.3) is 0 Å². The van der Waals surface area contributed by atoms with Gasteiger partial charge in [-0.2, -0.15) is 0 Å². The van der Waals surface area contributed by atoms with Gasteiger partial charge in [0.25, 0.3) is 0 Å². The van der Waals surface area contributed by atoms with Crippen LogP contribution in [0.5, 0.6) is 0 Å². The van der Waals surface area contributed by atoms with Crippen LogP contribution < -0.4 is 10.6 Å². The Bertz CT molecular complexity index is 330. The van der Waals surface area contributed by atoms with E-state index in [1.807, 2.05) is 38.1 Å². The van der Waals surface area contributed by atoms with Crippen LogP contribution in [0.3, 0.4) is 0 Å². The van der Waals surface area contributed by atoms with E-state index in [0.717, 1.165) is 5.69 Å². The van der Waals surface area contributed by atoms with E-state index in [4.69, 9.17) is 5.73 Å². The maximum Gasteiger partial charge on any atom is 0.243 e. The highest BCUT2D eigenvalue weighted by atomic mass is 16.2. The molecule has 0 aliphatic heterocycles. The molecule has 15 heavy (non-hydrogen) atoms. The number of rotatable bonds is 3. The second-order valence-corrected chi connectivity index (χ2v) is 3.71. The SMILES string of the molecule is CCN(C(=O)C(C)N)c1ccc(C)cc1. The van der Waals surface area contributed by atoms with Gasteiger partial charge in [-0.1, -0.05) is 17.7 Å². The standard InChI is InChI=1S/C12H18N2O/c1-4-14(12(15)10(3)13)11-7-5-9(2)6-8-11/h5-8,10H,4,13H2,1-3H3. The Morgan fingerprint density at radius 3 is 2.33 bits per heavy atom. The third kappa shape index (κ3) is 2.80. The molecule has 0 saturated heterocycles. The third-order valence-electron chi connectivity index (χ3n) is 2.32. The Hall–Kier alpha value is -1.35. The molecule has 1 amide bonds. The quantitative estimate of drug-likeness (QED) is 0.818. The predicted molar refractivity (Wildman–Crippen MR) is 62.9 cm³/mol. The molecule has 0 bridgehead atoms. The first-order chi connectivity index (χ1) is 7.06. The van der Waals surface area contributed by atoms with E-state index in [1.165, 1.54) is 5.56 Å². The van der Waals surface area contributed by atoms with Gasteiger partial charge in [0.05, 0.1) is 6.04 Å². The monoisotopic (exact) mass is 206 g/mol. The lowest BCUT2D eigenvalue weighted by Crippen LogP contribution is -2.42. The van der Waals surface area contributed by atoms with Gasteiger partial charge in [-0.05, 0) is 32.9 Å². The van der Waals surface area contributed by atoms with Crippen molar-refractivity contribution in [2.75, 3.05) is 11.4 Å². The fourth-order valence-electron chi connectivity index (χ4n) is 1.44. The number of nitrogens with zero attached hydrogens (tertiary/aromatic N) is 1. The van der Waals surface area contributed by atoms with Crippen LogP contribution in [-0.2, 0) is 4.79 Å². The van der Waals surface area contributed by atoms with Gasteiger partial charge >= 0.3 is 0 Å². The maximum atomic E-state index is 11.8. The molecular formula is C12H18N2O. The molecule has 0 aliphatic rings. The summed E-state index contributed by atoms with van der Waals surface area (Å²) in [4.78, 5) is 13.5. The average molecular weight is 206 g/mol. The summed E-state index contributed by atoms with van der Waals surface area (Å²) in [5.74, 6) is -0.0404. The summed E-state index contributed by atoms with van der Waals surface area (Å²) in [6.45, 7) is 6.32. The van der Waals surface area contributed by atoms with Gasteiger partial charge in [-0.15, -0.1) is 0 Å². The Kier molecular flexibility index (Phi) is 3.86. The first kappa shape index (κ1) is 11.7. The largest absolute Gasteiger partial charge is 0.320 e. The number of amides is 1. The third-order valence-corrected chi connectivity index (χ3v) is 2.32. The van der Waals surface area contributed by atoms with Crippen LogP contribution in [0.1, 0.15) is 19.4 Å². The zero-order chi connectivity index (χ0) is 11.4. The van der Waals surface area contributed by atoms with Crippen molar-refractivity contribution >= 4 is 11.6 Å². The number of aryl methyl sites for hydroxylation is 1. The average Bonchev–Trinajstić information content (AvgIpc) is 2.21. The van der Waals surface area contributed by atoms with Crippen molar-refractivity contribution in [3.8, 4) is 0 Å². The maximum absolute atomic E-state index is 11.8. The minimum Gasteiger partial charge on any atom is -0.320 e. The van der Waals surface area contributed by atoms with Gasteiger partial charge in [0.15, 0.2) is 0 Å². The van der Waals surface area contributed by atoms with Gasteiger partial charge in [0.1, 0.15) is 0 Å². The van der Waals surface area contributed by atoms with Crippen LogP contribution in [0, 0.1) is 6.92 Å². The topological polar surface area (TPSA) is 46.3 Å². The molecule has 2 N–H and O–H groups in total. The summed E-state index contributed by atoms with van der Waals surface area (Å²) >= 11 is 0. The normalized spacial score (nSPS) is 12.3. The Balaban J connectivity index is 2.92. The summed E-state index contributed by atoms with van der Waals surface area (Å²) in [5.41, 5.74) is 7.68. The van der Waals surface area contributed by atoms with E-state index < -0.39 is 6.04 Å². The smallest absolute Gasteiger partial charge is 0.243 e. The van der Waals surface area contributed by atoms with Gasteiger partial charge in [0, 0.05) is 12.2 Å². The van der Waals surface area contributed by atoms with E-state index in [9.17, 15) is 4.79 Å². The molecule has 0 radical (unpaired) electrons. The molecule has 3 heteroatoms. The van der Waals surface area contributed by atoms with Crippen molar-refractivity contribution in [2.24, 2.45) is 5.73 Å². The fourth-order valence-corrected chi connectivity index (χ4v) is 1.44. The number of hydrogen-bond acceptors (Lipinski definition) is 2. The van der Waals surface area contributed by atoms with Gasteiger partial charge in [-0.25, -0.2) is 0 Å². The van der Waals surface area contributed by atoms with Gasteiger partial charge < -0.3 is 10.6 Å². The lowest BCUT2D eigenvalue weighted by molar-refractivity contribution is -0.119. The number of benzene rings is 1. The van der Waals surface area contributed by atoms with E-state index in [0.29, 0.717) is 6.54 Å². The van der Waals surface area contributed by atoms with Crippen LogP contribution in [0.2, 0.25) is 0 Å². The number of nitrogens with two attached hydrogens (primary N) is 1. The Labute approximate surface area is 90.9 Å². The molecule has 1 aromatic rings. The second-order valence-electron chi connectivity index (χ2n) is 3.71. The molecular weight excluding hydrogens is 188 g/mol. The van der Waals surface area contributed by atoms with Gasteiger partial charge in [0.2, 0.25) is 5.91 Å². The summed E-state index contributed by atoms with van der Waals surface area (Å²) < 4.78 is 0. The molecule has 0 saturated carbocycles. The molecule has 0 heterocycles. The van der Waals surface area contributed by atoms with Crippen molar-refractivity contribution in [3.63, 3.8) is 0 Å².